The molecule has 5 heteroatoms. The van der Waals surface area contributed by atoms with Crippen LogP contribution in [0.5, 0.6) is 0 Å². The Bertz CT molecular complexity index is 1160. The van der Waals surface area contributed by atoms with Gasteiger partial charge in [-0.25, -0.2) is 4.79 Å². The van der Waals surface area contributed by atoms with Crippen LogP contribution in [0.4, 0.5) is 10.5 Å². The van der Waals surface area contributed by atoms with Crippen LogP contribution in [0.3, 0.4) is 0 Å². The second kappa shape index (κ2) is 11.0. The number of carbonyl (C=O) groups excluding carboxylic acids is 1. The van der Waals surface area contributed by atoms with Crippen LogP contribution in [0.25, 0.3) is 11.1 Å². The zero-order valence-corrected chi connectivity index (χ0v) is 21.2. The summed E-state index contributed by atoms with van der Waals surface area (Å²) < 4.78 is 0. The van der Waals surface area contributed by atoms with E-state index in [0.29, 0.717) is 17.2 Å². The third-order valence-electron chi connectivity index (χ3n) is 7.62. The zero-order chi connectivity index (χ0) is 24.9. The molecule has 1 saturated carbocycles. The highest BCUT2D eigenvalue weighted by atomic mass is 16.2. The van der Waals surface area contributed by atoms with Gasteiger partial charge in [0.1, 0.15) is 0 Å². The zero-order valence-electron chi connectivity index (χ0n) is 21.2. The molecule has 5 nitrogen and oxygen atoms in total. The fourth-order valence-corrected chi connectivity index (χ4v) is 5.33. The number of anilines is 1. The van der Waals surface area contributed by atoms with E-state index < -0.39 is 0 Å². The monoisotopic (exact) mass is 470 g/mol. The molecule has 0 saturated heterocycles. The van der Waals surface area contributed by atoms with Crippen LogP contribution in [0.2, 0.25) is 0 Å². The normalized spacial score (nSPS) is 22.1. The largest absolute Gasteiger partial charge is 0.334 e. The summed E-state index contributed by atoms with van der Waals surface area (Å²) in [5.41, 5.74) is 15.0. The predicted molar refractivity (Wildman–Crippen MR) is 147 cm³/mol. The number of nitrogens with two attached hydrogens (primary N) is 1. The molecule has 0 aromatic heterocycles. The van der Waals surface area contributed by atoms with Crippen molar-refractivity contribution in [1.82, 2.24) is 5.32 Å². The molecule has 1 fully saturated rings. The Labute approximate surface area is 209 Å². The minimum absolute atomic E-state index is 0.000506. The number of aryl methyl sites for hydroxylation is 2. The molecule has 35 heavy (non-hydrogen) atoms. The Hall–Kier alpha value is -3.18. The molecule has 2 aliphatic carbocycles. The molecular weight excluding hydrogens is 432 g/mol. The summed E-state index contributed by atoms with van der Waals surface area (Å²) in [7, 11) is 0. The maximum absolute atomic E-state index is 12.7. The molecule has 5 N–H and O–H groups in total. The first kappa shape index (κ1) is 24.9. The molecule has 2 aliphatic rings. The second-order valence-electron chi connectivity index (χ2n) is 9.97. The SMILES string of the molecule is CCC1CC=CC(c2ccc(NC(=O)NC3CCCCC3N)c(C=N)c2)=C1c1ccc(C)c(C)c1. The highest BCUT2D eigenvalue weighted by Gasteiger charge is 2.24. The van der Waals surface area contributed by atoms with E-state index in [2.05, 4.69) is 61.8 Å². The predicted octanol–water partition coefficient (Wildman–Crippen LogP) is 6.59. The number of nitrogens with one attached hydrogen (secondary N) is 3. The van der Waals surface area contributed by atoms with Crippen molar-refractivity contribution in [2.45, 2.75) is 71.4 Å². The van der Waals surface area contributed by atoms with Crippen LogP contribution >= 0.6 is 0 Å². The van der Waals surface area contributed by atoms with E-state index in [1.807, 2.05) is 18.2 Å². The number of carbonyl (C=O) groups is 1. The van der Waals surface area contributed by atoms with Crippen LogP contribution in [0, 0.1) is 25.2 Å². The molecule has 0 radical (unpaired) electrons. The van der Waals surface area contributed by atoms with Crippen molar-refractivity contribution in [3.05, 3.63) is 76.4 Å². The molecule has 4 rings (SSSR count). The van der Waals surface area contributed by atoms with Crippen molar-refractivity contribution in [3.8, 4) is 0 Å². The minimum atomic E-state index is -0.262. The lowest BCUT2D eigenvalue weighted by Crippen LogP contribution is -2.50. The van der Waals surface area contributed by atoms with Crippen LogP contribution in [-0.2, 0) is 0 Å². The summed E-state index contributed by atoms with van der Waals surface area (Å²) in [5.74, 6) is 0.448. The molecule has 0 aliphatic heterocycles. The van der Waals surface area contributed by atoms with E-state index in [9.17, 15) is 4.79 Å². The Balaban J connectivity index is 1.65. The fourth-order valence-electron chi connectivity index (χ4n) is 5.33. The first-order chi connectivity index (χ1) is 16.9. The van der Waals surface area contributed by atoms with Crippen LogP contribution in [0.15, 0.2) is 48.6 Å². The second-order valence-corrected chi connectivity index (χ2v) is 9.97. The summed E-state index contributed by atoms with van der Waals surface area (Å²) in [5, 5.41) is 14.0. The standard InChI is InChI=1S/C30H38N4O/c1-4-21-8-7-9-25(29(21)23-13-12-19(2)20(3)16-23)22-14-15-27(24(17-22)18-31)33-30(35)34-28-11-6-5-10-26(28)32/h7,9,12-18,21,26,28,31H,4-6,8,10-11,32H2,1-3H3,(H2,33,34,35). The van der Waals surface area contributed by atoms with Gasteiger partial charge in [0.2, 0.25) is 0 Å². The summed E-state index contributed by atoms with van der Waals surface area (Å²) in [6.45, 7) is 6.56. The van der Waals surface area contributed by atoms with Crippen molar-refractivity contribution >= 4 is 29.1 Å². The topological polar surface area (TPSA) is 91.0 Å². The smallest absolute Gasteiger partial charge is 0.319 e. The van der Waals surface area contributed by atoms with Crippen molar-refractivity contribution < 1.29 is 4.79 Å². The van der Waals surface area contributed by atoms with Crippen molar-refractivity contribution in [2.24, 2.45) is 11.7 Å². The first-order valence-electron chi connectivity index (χ1n) is 12.9. The van der Waals surface area contributed by atoms with Gasteiger partial charge in [-0.15, -0.1) is 0 Å². The summed E-state index contributed by atoms with van der Waals surface area (Å²) >= 11 is 0. The summed E-state index contributed by atoms with van der Waals surface area (Å²) in [6, 6.07) is 12.4. The van der Waals surface area contributed by atoms with E-state index in [1.54, 1.807) is 0 Å². The maximum Gasteiger partial charge on any atom is 0.319 e. The summed E-state index contributed by atoms with van der Waals surface area (Å²) in [6.07, 6.45) is 11.9. The Morgan fingerprint density at radius 2 is 1.86 bits per heavy atom. The van der Waals surface area contributed by atoms with Crippen molar-refractivity contribution in [3.63, 3.8) is 0 Å². The van der Waals surface area contributed by atoms with Gasteiger partial charge in [0.15, 0.2) is 0 Å². The highest BCUT2D eigenvalue weighted by Crippen LogP contribution is 2.41. The number of allylic oxidation sites excluding steroid dienone is 4. The molecular formula is C30H38N4O. The quantitative estimate of drug-likeness (QED) is 0.359. The van der Waals surface area contributed by atoms with E-state index in [-0.39, 0.29) is 18.1 Å². The van der Waals surface area contributed by atoms with Crippen LogP contribution < -0.4 is 16.4 Å². The molecule has 3 atom stereocenters. The molecule has 0 spiro atoms. The van der Waals surface area contributed by atoms with Gasteiger partial charge in [-0.1, -0.05) is 56.2 Å². The number of amides is 2. The van der Waals surface area contributed by atoms with Gasteiger partial charge in [-0.05, 0) is 91.0 Å². The molecule has 184 valence electrons. The van der Waals surface area contributed by atoms with Crippen LogP contribution in [-0.4, -0.2) is 24.3 Å². The van der Waals surface area contributed by atoms with Crippen molar-refractivity contribution in [1.29, 1.82) is 5.41 Å². The Kier molecular flexibility index (Phi) is 7.86. The minimum Gasteiger partial charge on any atom is -0.334 e. The van der Waals surface area contributed by atoms with Gasteiger partial charge in [0, 0.05) is 23.9 Å². The Morgan fingerprint density at radius 3 is 2.57 bits per heavy atom. The molecule has 2 amide bonds. The van der Waals surface area contributed by atoms with E-state index in [0.717, 1.165) is 44.1 Å². The number of benzene rings is 2. The lowest BCUT2D eigenvalue weighted by atomic mass is 9.78. The van der Waals surface area contributed by atoms with Gasteiger partial charge in [0.05, 0.1) is 5.69 Å². The first-order valence-corrected chi connectivity index (χ1v) is 12.9. The number of hydrogen-bond donors (Lipinski definition) is 4. The lowest BCUT2D eigenvalue weighted by molar-refractivity contribution is 0.240. The molecule has 0 bridgehead atoms. The molecule has 0 heterocycles. The van der Waals surface area contributed by atoms with Crippen molar-refractivity contribution in [2.75, 3.05) is 5.32 Å². The Morgan fingerprint density at radius 1 is 1.09 bits per heavy atom. The molecule has 2 aromatic rings. The number of rotatable bonds is 6. The molecule has 2 aromatic carbocycles. The lowest BCUT2D eigenvalue weighted by Gasteiger charge is -2.29. The van der Waals surface area contributed by atoms with Gasteiger partial charge in [-0.2, -0.15) is 0 Å². The average Bonchev–Trinajstić information content (AvgIpc) is 2.87. The van der Waals surface area contributed by atoms with Gasteiger partial charge >= 0.3 is 6.03 Å². The highest BCUT2D eigenvalue weighted by molar-refractivity contribution is 6.01. The third kappa shape index (κ3) is 5.57. The van der Waals surface area contributed by atoms with E-state index in [1.165, 1.54) is 34.1 Å². The van der Waals surface area contributed by atoms with E-state index in [4.69, 9.17) is 11.1 Å². The van der Waals surface area contributed by atoms with Gasteiger partial charge < -0.3 is 21.8 Å². The van der Waals surface area contributed by atoms with Gasteiger partial charge in [0.25, 0.3) is 0 Å². The van der Waals surface area contributed by atoms with Gasteiger partial charge in [-0.3, -0.25) is 0 Å². The number of hydrogen-bond acceptors (Lipinski definition) is 3. The third-order valence-corrected chi connectivity index (χ3v) is 7.62. The van der Waals surface area contributed by atoms with Crippen LogP contribution in [0.1, 0.15) is 73.3 Å². The average molecular weight is 471 g/mol. The summed E-state index contributed by atoms with van der Waals surface area (Å²) in [4.78, 5) is 12.7. The number of urea groups is 1. The fraction of sp³-hybridized carbons (Fsp3) is 0.400. The maximum atomic E-state index is 12.7. The molecule has 3 unspecified atom stereocenters. The van der Waals surface area contributed by atoms with E-state index >= 15 is 0 Å².